The van der Waals surface area contributed by atoms with Gasteiger partial charge in [-0.15, -0.1) is 11.3 Å². The van der Waals surface area contributed by atoms with Crippen molar-refractivity contribution in [3.8, 4) is 22.8 Å². The van der Waals surface area contributed by atoms with Crippen LogP contribution in [0.4, 0.5) is 0 Å². The van der Waals surface area contributed by atoms with Gasteiger partial charge in [0.15, 0.2) is 16.9 Å². The average Bonchev–Trinajstić information content (AvgIpc) is 3.31. The van der Waals surface area contributed by atoms with Gasteiger partial charge in [-0.2, -0.15) is 0 Å². The molecule has 1 aliphatic heterocycles. The topological polar surface area (TPSA) is 66.8 Å². The summed E-state index contributed by atoms with van der Waals surface area (Å²) in [6.07, 6.45) is 2.33. The molecule has 1 atom stereocenters. The van der Waals surface area contributed by atoms with Gasteiger partial charge in [0.25, 0.3) is 0 Å². The van der Waals surface area contributed by atoms with Crippen molar-refractivity contribution in [2.75, 3.05) is 25.7 Å². The molecule has 6 nitrogen and oxygen atoms in total. The molecule has 31 heavy (non-hydrogen) atoms. The van der Waals surface area contributed by atoms with Crippen LogP contribution in [-0.4, -0.2) is 36.2 Å². The van der Waals surface area contributed by atoms with Crippen LogP contribution in [0.25, 0.3) is 11.3 Å². The van der Waals surface area contributed by atoms with Crippen LogP contribution in [0.5, 0.6) is 11.5 Å². The van der Waals surface area contributed by atoms with Crippen LogP contribution in [0.2, 0.25) is 0 Å². The van der Waals surface area contributed by atoms with Crippen LogP contribution in [0.15, 0.2) is 46.7 Å². The number of methoxy groups -OCH3 is 1. The molecule has 0 spiro atoms. The number of alkyl halides is 1. The van der Waals surface area contributed by atoms with Gasteiger partial charge in [0.2, 0.25) is 0 Å². The molecule has 0 amide bonds. The van der Waals surface area contributed by atoms with Gasteiger partial charge in [-0.05, 0) is 42.5 Å². The minimum Gasteiger partial charge on any atom is -0.493 e. The molecular weight excluding hydrogens is 482 g/mol. The second kappa shape index (κ2) is 9.28. The van der Waals surface area contributed by atoms with E-state index >= 15 is 0 Å². The lowest BCUT2D eigenvalue weighted by atomic mass is 9.91. The number of nitrogens with zero attached hydrogens (tertiary/aromatic N) is 1. The summed E-state index contributed by atoms with van der Waals surface area (Å²) >= 11 is 5.03. The van der Waals surface area contributed by atoms with Gasteiger partial charge in [0, 0.05) is 28.0 Å². The second-order valence-corrected chi connectivity index (χ2v) is 8.77. The van der Waals surface area contributed by atoms with E-state index in [2.05, 4.69) is 22.0 Å². The summed E-state index contributed by atoms with van der Waals surface area (Å²) in [6.45, 7) is 2.45. The maximum Gasteiger partial charge on any atom is 0.343 e. The van der Waals surface area contributed by atoms with Crippen molar-refractivity contribution in [1.82, 2.24) is 4.57 Å². The van der Waals surface area contributed by atoms with E-state index in [1.165, 1.54) is 6.07 Å². The molecule has 0 saturated heterocycles. The number of fused-ring (bicyclic) bond motifs is 3. The number of ether oxygens (including phenoxy) is 3. The first-order valence-corrected chi connectivity index (χ1v) is 11.9. The Balaban J connectivity index is 1.91. The van der Waals surface area contributed by atoms with Crippen LogP contribution in [-0.2, 0) is 11.2 Å². The molecule has 0 fully saturated rings. The highest BCUT2D eigenvalue weighted by molar-refractivity contribution is 9.09. The molecule has 0 saturated carbocycles. The van der Waals surface area contributed by atoms with Crippen LogP contribution < -0.4 is 14.9 Å². The zero-order chi connectivity index (χ0) is 22.0. The van der Waals surface area contributed by atoms with E-state index in [1.807, 2.05) is 28.1 Å². The molecule has 0 bridgehead atoms. The van der Waals surface area contributed by atoms with Crippen LogP contribution in [0.1, 0.15) is 33.8 Å². The van der Waals surface area contributed by atoms with Crippen molar-refractivity contribution in [1.29, 1.82) is 0 Å². The highest BCUT2D eigenvalue weighted by Crippen LogP contribution is 2.43. The van der Waals surface area contributed by atoms with Gasteiger partial charge in [-0.3, -0.25) is 4.79 Å². The van der Waals surface area contributed by atoms with Crippen LogP contribution in [0, 0.1) is 0 Å². The van der Waals surface area contributed by atoms with Gasteiger partial charge >= 0.3 is 5.97 Å². The standard InChI is InChI=1S/C23H22BrNO5S/c1-3-29-23(27)16-13-25-17(12-19(16)26)15-11-20(28-2)21(30-7-6-24)10-14(15)9-18(25)22-5-4-8-31-22/h4-5,8,10-13,18H,3,6-7,9H2,1-2H3. The average molecular weight is 504 g/mol. The summed E-state index contributed by atoms with van der Waals surface area (Å²) < 4.78 is 18.5. The quantitative estimate of drug-likeness (QED) is 0.345. The fourth-order valence-electron chi connectivity index (χ4n) is 3.84. The molecule has 0 N–H and O–H groups in total. The number of carbonyl (C=O) groups excluding carboxylic acids is 1. The zero-order valence-corrected chi connectivity index (χ0v) is 19.6. The van der Waals surface area contributed by atoms with E-state index in [4.69, 9.17) is 14.2 Å². The van der Waals surface area contributed by atoms with E-state index in [-0.39, 0.29) is 23.6 Å². The summed E-state index contributed by atoms with van der Waals surface area (Å²) in [4.78, 5) is 26.3. The summed E-state index contributed by atoms with van der Waals surface area (Å²) in [5.41, 5.74) is 2.37. The Morgan fingerprint density at radius 1 is 1.29 bits per heavy atom. The van der Waals surface area contributed by atoms with Crippen molar-refractivity contribution >= 4 is 33.2 Å². The number of carbonyl (C=O) groups is 1. The minimum absolute atomic E-state index is 0.0415. The normalized spacial score (nSPS) is 14.5. The third-order valence-corrected chi connectivity index (χ3v) is 6.49. The Hall–Kier alpha value is -2.58. The van der Waals surface area contributed by atoms with Crippen molar-refractivity contribution in [3.05, 3.63) is 68.1 Å². The van der Waals surface area contributed by atoms with Gasteiger partial charge < -0.3 is 18.8 Å². The Morgan fingerprint density at radius 3 is 2.81 bits per heavy atom. The number of aromatic nitrogens is 1. The number of pyridine rings is 1. The second-order valence-electron chi connectivity index (χ2n) is 7.00. The van der Waals surface area contributed by atoms with Gasteiger partial charge in [-0.1, -0.05) is 22.0 Å². The molecule has 0 radical (unpaired) electrons. The van der Waals surface area contributed by atoms with E-state index in [0.717, 1.165) is 21.7 Å². The monoisotopic (exact) mass is 503 g/mol. The number of esters is 1. The van der Waals surface area contributed by atoms with Crippen molar-refractivity contribution in [2.24, 2.45) is 0 Å². The maximum absolute atomic E-state index is 12.8. The number of hydrogen-bond acceptors (Lipinski definition) is 6. The van der Waals surface area contributed by atoms with Crippen molar-refractivity contribution < 1.29 is 19.0 Å². The van der Waals surface area contributed by atoms with Crippen molar-refractivity contribution in [2.45, 2.75) is 19.4 Å². The van der Waals surface area contributed by atoms with Crippen molar-refractivity contribution in [3.63, 3.8) is 0 Å². The Morgan fingerprint density at radius 2 is 2.13 bits per heavy atom. The van der Waals surface area contributed by atoms with E-state index in [9.17, 15) is 9.59 Å². The molecule has 1 aliphatic rings. The fraction of sp³-hybridized carbons (Fsp3) is 0.304. The fourth-order valence-corrected chi connectivity index (χ4v) is 4.83. The molecule has 1 unspecified atom stereocenters. The molecule has 1 aromatic carbocycles. The molecule has 162 valence electrons. The molecule has 3 aromatic rings. The molecule has 3 heterocycles. The highest BCUT2D eigenvalue weighted by Gasteiger charge is 2.29. The molecule has 8 heteroatoms. The van der Waals surface area contributed by atoms with E-state index < -0.39 is 5.97 Å². The predicted molar refractivity (Wildman–Crippen MR) is 124 cm³/mol. The van der Waals surface area contributed by atoms with Gasteiger partial charge in [0.1, 0.15) is 5.56 Å². The largest absolute Gasteiger partial charge is 0.493 e. The number of hydrogen-bond donors (Lipinski definition) is 0. The summed E-state index contributed by atoms with van der Waals surface area (Å²) in [7, 11) is 1.59. The first-order valence-electron chi connectivity index (χ1n) is 9.94. The highest BCUT2D eigenvalue weighted by atomic mass is 79.9. The Bertz CT molecular complexity index is 1160. The summed E-state index contributed by atoms with van der Waals surface area (Å²) in [5.74, 6) is 0.668. The summed E-state index contributed by atoms with van der Waals surface area (Å²) in [5, 5.41) is 2.73. The molecule has 0 aliphatic carbocycles. The minimum atomic E-state index is -0.602. The van der Waals surface area contributed by atoms with Crippen LogP contribution in [0.3, 0.4) is 0 Å². The third-order valence-electron chi connectivity index (χ3n) is 5.20. The maximum atomic E-state index is 12.8. The first-order chi connectivity index (χ1) is 15.1. The lowest BCUT2D eigenvalue weighted by molar-refractivity contribution is 0.0523. The molecule has 4 rings (SSSR count). The van der Waals surface area contributed by atoms with Crippen LogP contribution >= 0.6 is 27.3 Å². The Labute approximate surface area is 192 Å². The smallest absolute Gasteiger partial charge is 0.343 e. The SMILES string of the molecule is CCOC(=O)c1cn2c(cc1=O)-c1cc(OC)c(OCCBr)cc1CC2c1cccs1. The molecule has 2 aromatic heterocycles. The number of rotatable bonds is 7. The first kappa shape index (κ1) is 21.6. The number of thiophene rings is 1. The lowest BCUT2D eigenvalue weighted by Crippen LogP contribution is -2.26. The number of halogens is 1. The lowest BCUT2D eigenvalue weighted by Gasteiger charge is -2.31. The Kier molecular flexibility index (Phi) is 6.48. The zero-order valence-electron chi connectivity index (χ0n) is 17.2. The van der Waals surface area contributed by atoms with Gasteiger partial charge in [0.05, 0.1) is 32.1 Å². The van der Waals surface area contributed by atoms with E-state index in [0.29, 0.717) is 29.9 Å². The van der Waals surface area contributed by atoms with Gasteiger partial charge in [-0.25, -0.2) is 4.79 Å². The predicted octanol–water partition coefficient (Wildman–Crippen LogP) is 4.68. The van der Waals surface area contributed by atoms with E-state index in [1.54, 1.807) is 31.6 Å². The number of benzene rings is 1. The summed E-state index contributed by atoms with van der Waals surface area (Å²) in [6, 6.07) is 9.43. The third kappa shape index (κ3) is 4.14. The molecular formula is C23H22BrNO5S.